The van der Waals surface area contributed by atoms with Crippen LogP contribution in [0.1, 0.15) is 42.9 Å². The first-order chi connectivity index (χ1) is 15.6. The van der Waals surface area contributed by atoms with E-state index in [2.05, 4.69) is 28.7 Å². The van der Waals surface area contributed by atoms with Gasteiger partial charge < -0.3 is 23.7 Å². The third-order valence-corrected chi connectivity index (χ3v) is 7.08. The van der Waals surface area contributed by atoms with Gasteiger partial charge in [0, 0.05) is 29.9 Å². The van der Waals surface area contributed by atoms with Crippen molar-refractivity contribution in [1.29, 1.82) is 0 Å². The van der Waals surface area contributed by atoms with Crippen LogP contribution in [0.4, 0.5) is 0 Å². The summed E-state index contributed by atoms with van der Waals surface area (Å²) in [6.07, 6.45) is 1.83. The molecule has 1 saturated heterocycles. The molecule has 0 amide bonds. The van der Waals surface area contributed by atoms with E-state index in [0.29, 0.717) is 26.1 Å². The second-order valence-electron chi connectivity index (χ2n) is 8.05. The van der Waals surface area contributed by atoms with Crippen molar-refractivity contribution in [2.24, 2.45) is 5.92 Å². The lowest BCUT2D eigenvalue weighted by molar-refractivity contribution is -0.185. The van der Waals surface area contributed by atoms with Gasteiger partial charge in [-0.05, 0) is 37.0 Å². The topological polar surface area (TPSA) is 78.1 Å². The number of aliphatic hydroxyl groups is 1. The number of hydrogen-bond acceptors (Lipinski definition) is 7. The molecule has 1 unspecified atom stereocenters. The van der Waals surface area contributed by atoms with Gasteiger partial charge in [0.1, 0.15) is 11.9 Å². The third kappa shape index (κ3) is 5.38. The zero-order valence-electron chi connectivity index (χ0n) is 18.1. The highest BCUT2D eigenvalue weighted by Gasteiger charge is 2.53. The summed E-state index contributed by atoms with van der Waals surface area (Å²) in [5, 5.41) is 11.1. The lowest BCUT2D eigenvalue weighted by atomic mass is 9.86. The molecule has 1 spiro atoms. The van der Waals surface area contributed by atoms with Crippen LogP contribution < -0.4 is 0 Å². The smallest absolute Gasteiger partial charge is 0.384 e. The highest BCUT2D eigenvalue weighted by molar-refractivity contribution is 7.98. The molecule has 7 heteroatoms. The number of carbonyl (C=O) groups excluding carboxylic acids is 1. The Kier molecular flexibility index (Phi) is 7.59. The molecule has 1 aliphatic heterocycles. The first-order valence-corrected chi connectivity index (χ1v) is 11.9. The molecule has 32 heavy (non-hydrogen) atoms. The van der Waals surface area contributed by atoms with Crippen molar-refractivity contribution >= 4 is 17.7 Å². The van der Waals surface area contributed by atoms with E-state index in [1.165, 1.54) is 12.7 Å². The van der Waals surface area contributed by atoms with Crippen LogP contribution in [0.15, 0.2) is 52.0 Å². The fourth-order valence-electron chi connectivity index (χ4n) is 4.58. The molecule has 4 rings (SSSR count). The van der Waals surface area contributed by atoms with E-state index in [4.69, 9.17) is 13.9 Å². The molecule has 1 N–H and O–H groups in total. The number of methoxy groups -OCH3 is 1. The molecule has 3 atom stereocenters. The van der Waals surface area contributed by atoms with Crippen LogP contribution in [-0.4, -0.2) is 43.3 Å². The Morgan fingerprint density at radius 1 is 1.25 bits per heavy atom. The number of esters is 1. The van der Waals surface area contributed by atoms with Gasteiger partial charge in [0.2, 0.25) is 0 Å². The van der Waals surface area contributed by atoms with Crippen LogP contribution >= 0.6 is 11.8 Å². The zero-order chi connectivity index (χ0) is 22.4. The van der Waals surface area contributed by atoms with Crippen molar-refractivity contribution in [3.8, 4) is 11.8 Å². The second-order valence-corrected chi connectivity index (χ2v) is 9.03. The van der Waals surface area contributed by atoms with Crippen LogP contribution in [0, 0.1) is 17.8 Å². The summed E-state index contributed by atoms with van der Waals surface area (Å²) in [5.41, 5.74) is 1.25. The van der Waals surface area contributed by atoms with Gasteiger partial charge in [-0.1, -0.05) is 48.0 Å². The van der Waals surface area contributed by atoms with Crippen molar-refractivity contribution in [2.75, 3.05) is 20.3 Å². The molecule has 2 aliphatic rings. The van der Waals surface area contributed by atoms with Crippen LogP contribution in [0.5, 0.6) is 0 Å². The average molecular weight is 457 g/mol. The van der Waals surface area contributed by atoms with Gasteiger partial charge >= 0.3 is 5.97 Å². The summed E-state index contributed by atoms with van der Waals surface area (Å²) in [7, 11) is 1.26. The number of rotatable bonds is 7. The van der Waals surface area contributed by atoms with Gasteiger partial charge in [-0.15, -0.1) is 0 Å². The Morgan fingerprint density at radius 2 is 2.03 bits per heavy atom. The SMILES string of the molecule is COC(=O)C#CC(O)CC[C@H]1[C@H](c2ccc(SCc3ccccc3)o2)CCC12OCCO2. The van der Waals surface area contributed by atoms with Crippen molar-refractivity contribution in [2.45, 2.75) is 54.3 Å². The Hall–Kier alpha value is -2.24. The van der Waals surface area contributed by atoms with Crippen LogP contribution in [0.25, 0.3) is 0 Å². The number of furan rings is 1. The zero-order valence-corrected chi connectivity index (χ0v) is 18.9. The third-order valence-electron chi connectivity index (χ3n) is 6.10. The Balaban J connectivity index is 1.43. The van der Waals surface area contributed by atoms with Crippen LogP contribution in [-0.2, 0) is 24.8 Å². The molecule has 2 fully saturated rings. The number of hydrogen-bond donors (Lipinski definition) is 1. The Morgan fingerprint density at radius 3 is 2.78 bits per heavy atom. The maximum absolute atomic E-state index is 11.2. The number of ether oxygens (including phenoxy) is 3. The minimum atomic E-state index is -0.914. The highest BCUT2D eigenvalue weighted by Crippen LogP contribution is 2.53. The van der Waals surface area contributed by atoms with Gasteiger partial charge in [-0.2, -0.15) is 0 Å². The van der Waals surface area contributed by atoms with E-state index in [-0.39, 0.29) is 11.8 Å². The molecule has 2 heterocycles. The van der Waals surface area contributed by atoms with Gasteiger partial charge in [-0.25, -0.2) is 4.79 Å². The predicted octanol–water partition coefficient (Wildman–Crippen LogP) is 4.13. The molecule has 1 aliphatic carbocycles. The van der Waals surface area contributed by atoms with E-state index >= 15 is 0 Å². The van der Waals surface area contributed by atoms with Crippen molar-refractivity contribution < 1.29 is 28.5 Å². The minimum Gasteiger partial charge on any atom is -0.459 e. The Labute approximate surface area is 192 Å². The van der Waals surface area contributed by atoms with E-state index in [1.54, 1.807) is 11.8 Å². The van der Waals surface area contributed by atoms with E-state index in [0.717, 1.165) is 29.4 Å². The molecule has 6 nitrogen and oxygen atoms in total. The summed E-state index contributed by atoms with van der Waals surface area (Å²) < 4.78 is 22.9. The predicted molar refractivity (Wildman–Crippen MR) is 120 cm³/mol. The lowest BCUT2D eigenvalue weighted by Gasteiger charge is -2.32. The van der Waals surface area contributed by atoms with Crippen molar-refractivity contribution in [3.63, 3.8) is 0 Å². The standard InChI is InChI=1S/C25H28O6S/c1-28-23(27)11-8-19(26)7-9-21-20(13-14-25(21)29-15-16-30-25)22-10-12-24(31-22)32-17-18-5-3-2-4-6-18/h2-6,10,12,19-21,26H,7,9,13-17H2,1H3/t19?,20-,21+/m1/s1. The summed E-state index contributed by atoms with van der Waals surface area (Å²) >= 11 is 1.68. The number of aliphatic hydroxyl groups excluding tert-OH is 1. The number of thioether (sulfide) groups is 1. The molecule has 1 aromatic heterocycles. The van der Waals surface area contributed by atoms with Gasteiger partial charge in [0.15, 0.2) is 10.9 Å². The number of benzene rings is 1. The Bertz CT molecular complexity index is 954. The fourth-order valence-corrected chi connectivity index (χ4v) is 5.40. The minimum absolute atomic E-state index is 0.0395. The number of carbonyl (C=O) groups is 1. The van der Waals surface area contributed by atoms with Crippen molar-refractivity contribution in [3.05, 3.63) is 53.8 Å². The van der Waals surface area contributed by atoms with Crippen LogP contribution in [0.2, 0.25) is 0 Å². The summed E-state index contributed by atoms with van der Waals surface area (Å²) in [6, 6.07) is 14.4. The quantitative estimate of drug-likeness (QED) is 0.291. The second kappa shape index (κ2) is 10.6. The average Bonchev–Trinajstić information content (AvgIpc) is 3.56. The molecular weight excluding hydrogens is 428 g/mol. The highest BCUT2D eigenvalue weighted by atomic mass is 32.2. The van der Waals surface area contributed by atoms with Crippen LogP contribution in [0.3, 0.4) is 0 Å². The van der Waals surface area contributed by atoms with Gasteiger partial charge in [0.05, 0.1) is 20.3 Å². The first-order valence-electron chi connectivity index (χ1n) is 10.9. The van der Waals surface area contributed by atoms with Gasteiger partial charge in [-0.3, -0.25) is 0 Å². The summed E-state index contributed by atoms with van der Waals surface area (Å²) in [6.45, 7) is 1.15. The summed E-state index contributed by atoms with van der Waals surface area (Å²) in [4.78, 5) is 11.2. The molecule has 1 saturated carbocycles. The summed E-state index contributed by atoms with van der Waals surface area (Å²) in [5.74, 6) is 5.51. The van der Waals surface area contributed by atoms with Crippen molar-refractivity contribution in [1.82, 2.24) is 0 Å². The fraction of sp³-hybridized carbons (Fsp3) is 0.480. The lowest BCUT2D eigenvalue weighted by Crippen LogP contribution is -2.36. The largest absolute Gasteiger partial charge is 0.459 e. The first kappa shape index (κ1) is 22.9. The van der Waals surface area contributed by atoms with E-state index in [9.17, 15) is 9.90 Å². The molecule has 1 aromatic carbocycles. The monoisotopic (exact) mass is 456 g/mol. The van der Waals surface area contributed by atoms with E-state index in [1.807, 2.05) is 30.3 Å². The molecule has 2 aromatic rings. The molecular formula is C25H28O6S. The molecule has 170 valence electrons. The maximum Gasteiger partial charge on any atom is 0.384 e. The molecule has 0 bridgehead atoms. The van der Waals surface area contributed by atoms with E-state index < -0.39 is 17.9 Å². The molecule has 0 radical (unpaired) electrons. The normalized spacial score (nSPS) is 22.4. The maximum atomic E-state index is 11.2. The van der Waals surface area contributed by atoms with Gasteiger partial charge in [0.25, 0.3) is 0 Å².